The molecular weight excluding hydrogens is 409 g/mol. The standard InChI is InChI=1S/C11H10IN5O3S/c12-7-3-1-2-4-8(7)13-9(18)6-21-11-14-15-16-17(11)5-10(19)20/h1-4H,5-6H2,(H,13,18)(H,19,20). The van der Waals surface area contributed by atoms with Crippen molar-refractivity contribution in [2.45, 2.75) is 11.7 Å². The Labute approximate surface area is 137 Å². The van der Waals surface area contributed by atoms with Crippen LogP contribution >= 0.6 is 34.4 Å². The molecule has 0 aliphatic heterocycles. The first-order chi connectivity index (χ1) is 10.1. The Bertz CT molecular complexity index is 663. The maximum absolute atomic E-state index is 11.9. The molecule has 1 amide bonds. The van der Waals surface area contributed by atoms with Gasteiger partial charge in [0.05, 0.1) is 11.4 Å². The number of benzene rings is 1. The van der Waals surface area contributed by atoms with E-state index in [1.807, 2.05) is 18.2 Å². The SMILES string of the molecule is O=C(O)Cn1nnnc1SCC(=O)Nc1ccccc1I. The maximum atomic E-state index is 11.9. The number of carbonyl (C=O) groups excluding carboxylic acids is 1. The van der Waals surface area contributed by atoms with E-state index in [1.165, 1.54) is 0 Å². The highest BCUT2D eigenvalue weighted by Crippen LogP contribution is 2.18. The van der Waals surface area contributed by atoms with Gasteiger partial charge in [-0.3, -0.25) is 9.59 Å². The normalized spacial score (nSPS) is 10.3. The third-order valence-corrected chi connectivity index (χ3v) is 4.16. The number of aromatic nitrogens is 4. The fourth-order valence-electron chi connectivity index (χ4n) is 1.41. The number of tetrazole rings is 1. The highest BCUT2D eigenvalue weighted by atomic mass is 127. The Morgan fingerprint density at radius 1 is 1.38 bits per heavy atom. The number of para-hydroxylation sites is 1. The zero-order valence-electron chi connectivity index (χ0n) is 10.6. The Balaban J connectivity index is 1.91. The van der Waals surface area contributed by atoms with E-state index in [9.17, 15) is 9.59 Å². The van der Waals surface area contributed by atoms with Crippen LogP contribution in [0.1, 0.15) is 0 Å². The lowest BCUT2D eigenvalue weighted by Crippen LogP contribution is -2.16. The minimum Gasteiger partial charge on any atom is -0.480 e. The third kappa shape index (κ3) is 4.67. The topological polar surface area (TPSA) is 110 Å². The van der Waals surface area contributed by atoms with Gasteiger partial charge in [0.25, 0.3) is 0 Å². The molecule has 0 aliphatic rings. The molecule has 0 saturated carbocycles. The first-order valence-electron chi connectivity index (χ1n) is 5.71. The number of anilines is 1. The Morgan fingerprint density at radius 2 is 2.14 bits per heavy atom. The van der Waals surface area contributed by atoms with Gasteiger partial charge in [-0.1, -0.05) is 23.9 Å². The summed E-state index contributed by atoms with van der Waals surface area (Å²) in [5.41, 5.74) is 0.730. The molecule has 0 spiro atoms. The fraction of sp³-hybridized carbons (Fsp3) is 0.182. The third-order valence-electron chi connectivity index (χ3n) is 2.26. The number of carboxylic acid groups (broad SMARTS) is 1. The van der Waals surface area contributed by atoms with Gasteiger partial charge in [-0.2, -0.15) is 0 Å². The molecule has 0 fully saturated rings. The zero-order chi connectivity index (χ0) is 15.2. The number of carboxylic acids is 1. The molecule has 0 atom stereocenters. The summed E-state index contributed by atoms with van der Waals surface area (Å²) >= 11 is 3.21. The highest BCUT2D eigenvalue weighted by Gasteiger charge is 2.12. The average molecular weight is 419 g/mol. The summed E-state index contributed by atoms with van der Waals surface area (Å²) < 4.78 is 2.07. The quantitative estimate of drug-likeness (QED) is 0.533. The molecule has 0 aliphatic carbocycles. The lowest BCUT2D eigenvalue weighted by atomic mass is 10.3. The fourth-order valence-corrected chi connectivity index (χ4v) is 2.61. The number of carbonyl (C=O) groups is 2. The van der Waals surface area contributed by atoms with Crippen LogP contribution in [-0.2, 0) is 16.1 Å². The van der Waals surface area contributed by atoms with Gasteiger partial charge in [-0.25, -0.2) is 4.68 Å². The summed E-state index contributed by atoms with van der Waals surface area (Å²) in [5, 5.41) is 22.4. The summed E-state index contributed by atoms with van der Waals surface area (Å²) in [6.07, 6.45) is 0. The predicted molar refractivity (Wildman–Crippen MR) is 84.0 cm³/mol. The number of amides is 1. The van der Waals surface area contributed by atoms with Crippen molar-refractivity contribution in [1.29, 1.82) is 0 Å². The summed E-state index contributed by atoms with van der Waals surface area (Å²) in [5.74, 6) is -1.17. The summed E-state index contributed by atoms with van der Waals surface area (Å²) in [4.78, 5) is 22.5. The van der Waals surface area contributed by atoms with E-state index in [0.29, 0.717) is 0 Å². The van der Waals surface area contributed by atoms with Crippen LogP contribution in [0, 0.1) is 3.57 Å². The van der Waals surface area contributed by atoms with E-state index in [-0.39, 0.29) is 23.4 Å². The van der Waals surface area contributed by atoms with Crippen LogP contribution in [0.2, 0.25) is 0 Å². The van der Waals surface area contributed by atoms with Crippen LogP contribution in [0.15, 0.2) is 29.4 Å². The van der Waals surface area contributed by atoms with E-state index in [1.54, 1.807) is 6.07 Å². The van der Waals surface area contributed by atoms with Crippen molar-refractivity contribution in [3.05, 3.63) is 27.8 Å². The van der Waals surface area contributed by atoms with Gasteiger partial charge in [0.15, 0.2) is 0 Å². The molecule has 8 nitrogen and oxygen atoms in total. The number of rotatable bonds is 6. The Kier molecular flexibility index (Phi) is 5.50. The average Bonchev–Trinajstić information content (AvgIpc) is 2.85. The van der Waals surface area contributed by atoms with Crippen LogP contribution in [-0.4, -0.2) is 42.9 Å². The molecule has 21 heavy (non-hydrogen) atoms. The van der Waals surface area contributed by atoms with Crippen LogP contribution in [0.4, 0.5) is 5.69 Å². The van der Waals surface area contributed by atoms with E-state index in [0.717, 1.165) is 25.7 Å². The van der Waals surface area contributed by atoms with E-state index in [2.05, 4.69) is 43.4 Å². The number of thioether (sulfide) groups is 1. The van der Waals surface area contributed by atoms with Gasteiger partial charge >= 0.3 is 5.97 Å². The van der Waals surface area contributed by atoms with Gasteiger partial charge in [0.1, 0.15) is 6.54 Å². The maximum Gasteiger partial charge on any atom is 0.325 e. The smallest absolute Gasteiger partial charge is 0.325 e. The molecule has 2 aromatic rings. The van der Waals surface area contributed by atoms with Crippen LogP contribution in [0.3, 0.4) is 0 Å². The molecule has 0 unspecified atom stereocenters. The second-order valence-electron chi connectivity index (χ2n) is 3.83. The molecule has 0 radical (unpaired) electrons. The summed E-state index contributed by atoms with van der Waals surface area (Å²) in [6, 6.07) is 7.40. The van der Waals surface area contributed by atoms with Crippen LogP contribution < -0.4 is 5.32 Å². The van der Waals surface area contributed by atoms with Crippen molar-refractivity contribution in [1.82, 2.24) is 20.2 Å². The van der Waals surface area contributed by atoms with Crippen molar-refractivity contribution in [3.63, 3.8) is 0 Å². The lowest BCUT2D eigenvalue weighted by Gasteiger charge is -2.06. The van der Waals surface area contributed by atoms with Crippen molar-refractivity contribution in [2.75, 3.05) is 11.1 Å². The molecule has 10 heteroatoms. The molecule has 2 rings (SSSR count). The predicted octanol–water partition coefficient (Wildman–Crippen LogP) is 1.09. The summed E-state index contributed by atoms with van der Waals surface area (Å²) in [6.45, 7) is -0.340. The molecule has 1 aromatic heterocycles. The monoisotopic (exact) mass is 419 g/mol. The van der Waals surface area contributed by atoms with Crippen LogP contribution in [0.25, 0.3) is 0 Å². The molecular formula is C11H10IN5O3S. The second kappa shape index (κ2) is 7.36. The van der Waals surface area contributed by atoms with Gasteiger partial charge < -0.3 is 10.4 Å². The minimum atomic E-state index is -1.05. The number of hydrogen-bond acceptors (Lipinski definition) is 6. The molecule has 0 bridgehead atoms. The van der Waals surface area contributed by atoms with Gasteiger partial charge in [-0.05, 0) is 45.2 Å². The molecule has 2 N–H and O–H groups in total. The first kappa shape index (κ1) is 15.7. The number of halogens is 1. The lowest BCUT2D eigenvalue weighted by molar-refractivity contribution is -0.138. The molecule has 0 saturated heterocycles. The van der Waals surface area contributed by atoms with E-state index >= 15 is 0 Å². The number of aliphatic carboxylic acids is 1. The van der Waals surface area contributed by atoms with Gasteiger partial charge in [0, 0.05) is 3.57 Å². The minimum absolute atomic E-state index is 0.0883. The van der Waals surface area contributed by atoms with E-state index < -0.39 is 5.97 Å². The van der Waals surface area contributed by atoms with Crippen LogP contribution in [0.5, 0.6) is 0 Å². The Hall–Kier alpha value is -1.69. The highest BCUT2D eigenvalue weighted by molar-refractivity contribution is 14.1. The Morgan fingerprint density at radius 3 is 2.86 bits per heavy atom. The largest absolute Gasteiger partial charge is 0.480 e. The number of nitrogens with zero attached hydrogens (tertiary/aromatic N) is 4. The van der Waals surface area contributed by atoms with Gasteiger partial charge in [0.2, 0.25) is 11.1 Å². The zero-order valence-corrected chi connectivity index (χ0v) is 13.5. The van der Waals surface area contributed by atoms with Crippen molar-refractivity contribution in [3.8, 4) is 0 Å². The second-order valence-corrected chi connectivity index (χ2v) is 5.93. The van der Waals surface area contributed by atoms with Crippen molar-refractivity contribution < 1.29 is 14.7 Å². The van der Waals surface area contributed by atoms with Gasteiger partial charge in [-0.15, -0.1) is 5.10 Å². The molecule has 110 valence electrons. The molecule has 1 aromatic carbocycles. The van der Waals surface area contributed by atoms with Crippen molar-refractivity contribution in [2.24, 2.45) is 0 Å². The molecule has 1 heterocycles. The first-order valence-corrected chi connectivity index (χ1v) is 7.78. The summed E-state index contributed by atoms with van der Waals surface area (Å²) in [7, 11) is 0. The number of hydrogen-bond donors (Lipinski definition) is 2. The number of nitrogens with one attached hydrogen (secondary N) is 1. The van der Waals surface area contributed by atoms with Crippen molar-refractivity contribution >= 4 is 51.9 Å². The van der Waals surface area contributed by atoms with E-state index in [4.69, 9.17) is 5.11 Å².